The number of likely N-dealkylation sites (tertiary alicyclic amines) is 1. The Balaban J connectivity index is 1.84. The number of nitrogens with one attached hydrogen (secondary N) is 3. The summed E-state index contributed by atoms with van der Waals surface area (Å²) in [6, 6.07) is 0.980. The van der Waals surface area contributed by atoms with Gasteiger partial charge >= 0.3 is 0 Å². The number of piperidine rings is 1. The van der Waals surface area contributed by atoms with Gasteiger partial charge in [0.25, 0.3) is 5.91 Å². The summed E-state index contributed by atoms with van der Waals surface area (Å²) in [4.78, 5) is 24.8. The van der Waals surface area contributed by atoms with Gasteiger partial charge in [-0.2, -0.15) is 0 Å². The Morgan fingerprint density at radius 3 is 2.74 bits per heavy atom. The van der Waals surface area contributed by atoms with Crippen LogP contribution < -0.4 is 16.2 Å². The molecule has 0 saturated carbocycles. The van der Waals surface area contributed by atoms with Crippen LogP contribution in [0.2, 0.25) is 0 Å². The molecule has 2 rings (SSSR count). The van der Waals surface area contributed by atoms with Crippen molar-refractivity contribution in [2.24, 2.45) is 0 Å². The molecule has 0 radical (unpaired) electrons. The summed E-state index contributed by atoms with van der Waals surface area (Å²) < 4.78 is 0. The molecule has 3 N–H and O–H groups in total. The van der Waals surface area contributed by atoms with Crippen molar-refractivity contribution in [1.82, 2.24) is 21.1 Å². The van der Waals surface area contributed by atoms with Crippen molar-refractivity contribution in [2.45, 2.75) is 51.1 Å². The van der Waals surface area contributed by atoms with Gasteiger partial charge in [0.2, 0.25) is 5.91 Å². The van der Waals surface area contributed by atoms with Crippen molar-refractivity contribution in [2.75, 3.05) is 19.6 Å². The first-order chi connectivity index (χ1) is 9.16. The van der Waals surface area contributed by atoms with Crippen LogP contribution in [0.25, 0.3) is 0 Å². The fraction of sp³-hybridized carbons (Fsp3) is 0.846. The average molecular weight is 268 g/mol. The third-order valence-corrected chi connectivity index (χ3v) is 3.95. The molecule has 2 aliphatic heterocycles. The van der Waals surface area contributed by atoms with Gasteiger partial charge in [-0.05, 0) is 38.8 Å². The van der Waals surface area contributed by atoms with Crippen LogP contribution >= 0.6 is 0 Å². The number of hydrogen-bond acceptors (Lipinski definition) is 4. The van der Waals surface area contributed by atoms with E-state index in [0.29, 0.717) is 18.6 Å². The molecule has 2 amide bonds. The van der Waals surface area contributed by atoms with Crippen LogP contribution in [-0.4, -0.2) is 48.4 Å². The standard InChI is InChI=1S/C13H24N4O2/c1-10(18)15-16-13(19)9-17-8-3-2-6-12(17)11-5-4-7-14-11/h11-12,14H,2-9H2,1H3,(H,15,18)(H,16,19). The fourth-order valence-electron chi connectivity index (χ4n) is 3.09. The first-order valence-corrected chi connectivity index (χ1v) is 7.19. The minimum Gasteiger partial charge on any atom is -0.312 e. The highest BCUT2D eigenvalue weighted by Crippen LogP contribution is 2.23. The third kappa shape index (κ3) is 4.18. The van der Waals surface area contributed by atoms with E-state index >= 15 is 0 Å². The van der Waals surface area contributed by atoms with Gasteiger partial charge in [-0.1, -0.05) is 6.42 Å². The topological polar surface area (TPSA) is 73.5 Å². The van der Waals surface area contributed by atoms with Crippen molar-refractivity contribution in [3.05, 3.63) is 0 Å². The van der Waals surface area contributed by atoms with Gasteiger partial charge in [-0.3, -0.25) is 25.3 Å². The van der Waals surface area contributed by atoms with Gasteiger partial charge in [0.05, 0.1) is 6.54 Å². The normalized spacial score (nSPS) is 28.1. The summed E-state index contributed by atoms with van der Waals surface area (Å²) >= 11 is 0. The molecule has 6 heteroatoms. The molecule has 0 aromatic rings. The smallest absolute Gasteiger partial charge is 0.252 e. The second-order valence-electron chi connectivity index (χ2n) is 5.47. The van der Waals surface area contributed by atoms with E-state index < -0.39 is 0 Å². The van der Waals surface area contributed by atoms with Crippen molar-refractivity contribution >= 4 is 11.8 Å². The fourth-order valence-corrected chi connectivity index (χ4v) is 3.09. The molecule has 0 spiro atoms. The molecule has 19 heavy (non-hydrogen) atoms. The first-order valence-electron chi connectivity index (χ1n) is 7.19. The molecular formula is C13H24N4O2. The molecule has 6 nitrogen and oxygen atoms in total. The Kier molecular flexibility index (Phi) is 5.15. The lowest BCUT2D eigenvalue weighted by Crippen LogP contribution is -2.54. The first kappa shape index (κ1) is 14.3. The summed E-state index contributed by atoms with van der Waals surface area (Å²) in [6.07, 6.45) is 5.98. The Bertz CT molecular complexity index is 329. The quantitative estimate of drug-likeness (QED) is 0.618. The number of carbonyl (C=O) groups excluding carboxylic acids is 2. The summed E-state index contributed by atoms with van der Waals surface area (Å²) in [7, 11) is 0. The van der Waals surface area contributed by atoms with Gasteiger partial charge in [-0.15, -0.1) is 0 Å². The maximum atomic E-state index is 11.8. The van der Waals surface area contributed by atoms with E-state index in [0.717, 1.165) is 25.9 Å². The molecule has 2 saturated heterocycles. The monoisotopic (exact) mass is 268 g/mol. The van der Waals surface area contributed by atoms with Gasteiger partial charge in [0.1, 0.15) is 0 Å². The summed E-state index contributed by atoms with van der Waals surface area (Å²) in [5, 5.41) is 3.54. The maximum absolute atomic E-state index is 11.8. The molecule has 2 fully saturated rings. The van der Waals surface area contributed by atoms with E-state index in [1.807, 2.05) is 0 Å². The molecule has 0 bridgehead atoms. The summed E-state index contributed by atoms with van der Waals surface area (Å²) in [5.41, 5.74) is 4.78. The van der Waals surface area contributed by atoms with Crippen LogP contribution in [0.5, 0.6) is 0 Å². The molecule has 2 unspecified atom stereocenters. The van der Waals surface area contributed by atoms with Crippen molar-refractivity contribution in [1.29, 1.82) is 0 Å². The molecule has 2 heterocycles. The number of nitrogens with zero attached hydrogens (tertiary/aromatic N) is 1. The Morgan fingerprint density at radius 1 is 1.21 bits per heavy atom. The second-order valence-corrected chi connectivity index (χ2v) is 5.47. The highest BCUT2D eigenvalue weighted by atomic mass is 16.2. The number of hydrazine groups is 1. The Morgan fingerprint density at radius 2 is 2.05 bits per heavy atom. The van der Waals surface area contributed by atoms with Crippen LogP contribution in [0.4, 0.5) is 0 Å². The molecule has 0 aromatic heterocycles. The molecular weight excluding hydrogens is 244 g/mol. The zero-order valence-electron chi connectivity index (χ0n) is 11.6. The number of hydrogen-bond donors (Lipinski definition) is 3. The van der Waals surface area contributed by atoms with E-state index in [-0.39, 0.29) is 11.8 Å². The summed E-state index contributed by atoms with van der Waals surface area (Å²) in [5.74, 6) is -0.388. The number of carbonyl (C=O) groups is 2. The predicted octanol–water partition coefficient (Wildman–Crippen LogP) is -0.240. The van der Waals surface area contributed by atoms with Crippen LogP contribution in [0.15, 0.2) is 0 Å². The molecule has 108 valence electrons. The average Bonchev–Trinajstić information content (AvgIpc) is 2.91. The highest BCUT2D eigenvalue weighted by molar-refractivity contribution is 5.81. The van der Waals surface area contributed by atoms with Gasteiger partial charge in [0, 0.05) is 19.0 Å². The zero-order valence-corrected chi connectivity index (χ0v) is 11.6. The van der Waals surface area contributed by atoms with E-state index in [9.17, 15) is 9.59 Å². The third-order valence-electron chi connectivity index (χ3n) is 3.95. The Labute approximate surface area is 114 Å². The lowest BCUT2D eigenvalue weighted by molar-refractivity contribution is -0.129. The molecule has 2 aliphatic rings. The van der Waals surface area contributed by atoms with E-state index in [1.165, 1.54) is 26.2 Å². The molecule has 0 aliphatic carbocycles. The molecule has 2 atom stereocenters. The van der Waals surface area contributed by atoms with Gasteiger partial charge < -0.3 is 5.32 Å². The van der Waals surface area contributed by atoms with Crippen molar-refractivity contribution in [3.63, 3.8) is 0 Å². The lowest BCUT2D eigenvalue weighted by Gasteiger charge is -2.38. The minimum absolute atomic E-state index is 0.139. The summed E-state index contributed by atoms with van der Waals surface area (Å²) in [6.45, 7) is 3.80. The zero-order chi connectivity index (χ0) is 13.7. The SMILES string of the molecule is CC(=O)NNC(=O)CN1CCCCC1C1CCCN1. The van der Waals surface area contributed by atoms with Crippen LogP contribution in [0, 0.1) is 0 Å². The number of rotatable bonds is 3. The predicted molar refractivity (Wildman–Crippen MR) is 72.2 cm³/mol. The van der Waals surface area contributed by atoms with Crippen LogP contribution in [-0.2, 0) is 9.59 Å². The van der Waals surface area contributed by atoms with E-state index in [1.54, 1.807) is 0 Å². The van der Waals surface area contributed by atoms with Gasteiger partial charge in [-0.25, -0.2) is 0 Å². The van der Waals surface area contributed by atoms with Crippen LogP contribution in [0.3, 0.4) is 0 Å². The van der Waals surface area contributed by atoms with Crippen molar-refractivity contribution in [3.8, 4) is 0 Å². The van der Waals surface area contributed by atoms with E-state index in [4.69, 9.17) is 0 Å². The highest BCUT2D eigenvalue weighted by Gasteiger charge is 2.32. The second kappa shape index (κ2) is 6.86. The molecule has 0 aromatic carbocycles. The minimum atomic E-state index is -0.249. The lowest BCUT2D eigenvalue weighted by atomic mass is 9.94. The van der Waals surface area contributed by atoms with E-state index in [2.05, 4.69) is 21.1 Å². The number of amides is 2. The van der Waals surface area contributed by atoms with Gasteiger partial charge in [0.15, 0.2) is 0 Å². The van der Waals surface area contributed by atoms with Crippen molar-refractivity contribution < 1.29 is 9.59 Å². The Hall–Kier alpha value is -1.14. The maximum Gasteiger partial charge on any atom is 0.252 e. The largest absolute Gasteiger partial charge is 0.312 e. The van der Waals surface area contributed by atoms with Crippen LogP contribution in [0.1, 0.15) is 39.0 Å².